The van der Waals surface area contributed by atoms with E-state index in [9.17, 15) is 0 Å². The Kier molecular flexibility index (Phi) is 1.36. The number of hydrogen-bond acceptors (Lipinski definition) is 3. The van der Waals surface area contributed by atoms with E-state index in [2.05, 4.69) is 5.16 Å². The highest BCUT2D eigenvalue weighted by Crippen LogP contribution is 2.13. The first-order valence-corrected chi connectivity index (χ1v) is 3.43. The van der Waals surface area contributed by atoms with Crippen molar-refractivity contribution in [1.82, 2.24) is 5.16 Å². The van der Waals surface area contributed by atoms with Gasteiger partial charge in [-0.05, 0) is 17.7 Å². The summed E-state index contributed by atoms with van der Waals surface area (Å²) in [6.45, 7) is 0.544. The lowest BCUT2D eigenvalue weighted by molar-refractivity contribution is 0.428. The molecule has 0 atom stereocenters. The highest BCUT2D eigenvalue weighted by atomic mass is 16.5. The minimum atomic E-state index is 0.544. The lowest BCUT2D eigenvalue weighted by atomic mass is 10.2. The van der Waals surface area contributed by atoms with E-state index in [-0.39, 0.29) is 0 Å². The molecule has 1 heterocycles. The summed E-state index contributed by atoms with van der Waals surface area (Å²) in [6, 6.07) is 5.85. The maximum atomic E-state index is 5.45. The second-order valence-electron chi connectivity index (χ2n) is 2.41. The molecule has 0 saturated heterocycles. The Hall–Kier alpha value is -1.35. The lowest BCUT2D eigenvalue weighted by Crippen LogP contribution is -1.94. The quantitative estimate of drug-likeness (QED) is 0.662. The van der Waals surface area contributed by atoms with Crippen LogP contribution in [0, 0.1) is 0 Å². The maximum absolute atomic E-state index is 5.45. The molecule has 0 spiro atoms. The molecule has 0 unspecified atom stereocenters. The van der Waals surface area contributed by atoms with Gasteiger partial charge in [-0.1, -0.05) is 11.2 Å². The van der Waals surface area contributed by atoms with Crippen molar-refractivity contribution in [3.05, 3.63) is 30.0 Å². The molecule has 0 fully saturated rings. The van der Waals surface area contributed by atoms with E-state index in [1.165, 1.54) is 0 Å². The third-order valence-corrected chi connectivity index (χ3v) is 1.66. The Balaban J connectivity index is 2.67. The van der Waals surface area contributed by atoms with Crippen LogP contribution in [0.2, 0.25) is 0 Å². The molecule has 1 aromatic carbocycles. The van der Waals surface area contributed by atoms with E-state index in [1.54, 1.807) is 6.26 Å². The fraction of sp³-hybridized carbons (Fsp3) is 0.125. The van der Waals surface area contributed by atoms with Crippen LogP contribution in [0.3, 0.4) is 0 Å². The second-order valence-corrected chi connectivity index (χ2v) is 2.41. The zero-order chi connectivity index (χ0) is 7.68. The van der Waals surface area contributed by atoms with Crippen molar-refractivity contribution >= 4 is 10.9 Å². The van der Waals surface area contributed by atoms with Gasteiger partial charge < -0.3 is 10.3 Å². The smallest absolute Gasteiger partial charge is 0.131 e. The number of hydrogen-bond donors (Lipinski definition) is 1. The third-order valence-electron chi connectivity index (χ3n) is 1.66. The highest BCUT2D eigenvalue weighted by molar-refractivity contribution is 5.77. The number of fused-ring (bicyclic) bond motifs is 1. The SMILES string of the molecule is NCc1ccc2conc2c1. The van der Waals surface area contributed by atoms with Crippen LogP contribution in [-0.2, 0) is 6.54 Å². The molecule has 0 aliphatic heterocycles. The van der Waals surface area contributed by atoms with Crippen LogP contribution in [0.5, 0.6) is 0 Å². The van der Waals surface area contributed by atoms with Crippen molar-refractivity contribution in [1.29, 1.82) is 0 Å². The largest absolute Gasteiger partial charge is 0.364 e. The second kappa shape index (κ2) is 2.36. The van der Waals surface area contributed by atoms with Crippen molar-refractivity contribution in [3.63, 3.8) is 0 Å². The number of nitrogens with zero attached hydrogens (tertiary/aromatic N) is 1. The van der Waals surface area contributed by atoms with Crippen LogP contribution in [0.1, 0.15) is 5.56 Å². The number of nitrogens with two attached hydrogens (primary N) is 1. The first-order chi connectivity index (χ1) is 5.40. The van der Waals surface area contributed by atoms with Crippen molar-refractivity contribution < 1.29 is 4.52 Å². The van der Waals surface area contributed by atoms with Crippen LogP contribution in [-0.4, -0.2) is 5.16 Å². The summed E-state index contributed by atoms with van der Waals surface area (Å²) in [6.07, 6.45) is 1.62. The molecule has 3 heteroatoms. The van der Waals surface area contributed by atoms with Crippen LogP contribution in [0.4, 0.5) is 0 Å². The van der Waals surface area contributed by atoms with Gasteiger partial charge in [0.2, 0.25) is 0 Å². The van der Waals surface area contributed by atoms with Crippen LogP contribution < -0.4 is 5.73 Å². The van der Waals surface area contributed by atoms with E-state index in [1.807, 2.05) is 18.2 Å². The molecule has 1 aromatic heterocycles. The van der Waals surface area contributed by atoms with Gasteiger partial charge in [-0.2, -0.15) is 0 Å². The molecule has 2 rings (SSSR count). The molecule has 0 aliphatic carbocycles. The van der Waals surface area contributed by atoms with Gasteiger partial charge >= 0.3 is 0 Å². The zero-order valence-corrected chi connectivity index (χ0v) is 5.95. The Morgan fingerprint density at radius 1 is 1.45 bits per heavy atom. The first-order valence-electron chi connectivity index (χ1n) is 3.43. The lowest BCUT2D eigenvalue weighted by Gasteiger charge is -1.92. The van der Waals surface area contributed by atoms with Crippen molar-refractivity contribution in [2.75, 3.05) is 0 Å². The van der Waals surface area contributed by atoms with Gasteiger partial charge in [0.15, 0.2) is 0 Å². The normalized spacial score (nSPS) is 10.6. The van der Waals surface area contributed by atoms with E-state index in [0.717, 1.165) is 16.5 Å². The molecule has 0 amide bonds. The van der Waals surface area contributed by atoms with Gasteiger partial charge in [0.1, 0.15) is 11.8 Å². The van der Waals surface area contributed by atoms with E-state index in [0.29, 0.717) is 6.54 Å². The van der Waals surface area contributed by atoms with Gasteiger partial charge in [-0.25, -0.2) is 0 Å². The molecule has 0 aliphatic rings. The van der Waals surface area contributed by atoms with Crippen molar-refractivity contribution in [2.45, 2.75) is 6.54 Å². The number of aromatic nitrogens is 1. The molecule has 2 aromatic rings. The monoisotopic (exact) mass is 148 g/mol. The van der Waals surface area contributed by atoms with E-state index in [4.69, 9.17) is 10.3 Å². The van der Waals surface area contributed by atoms with Crippen molar-refractivity contribution in [3.8, 4) is 0 Å². The van der Waals surface area contributed by atoms with Gasteiger partial charge in [-0.15, -0.1) is 0 Å². The van der Waals surface area contributed by atoms with Gasteiger partial charge in [-0.3, -0.25) is 0 Å². The summed E-state index contributed by atoms with van der Waals surface area (Å²) in [5.74, 6) is 0. The molecule has 11 heavy (non-hydrogen) atoms. The number of rotatable bonds is 1. The molecular weight excluding hydrogens is 140 g/mol. The average molecular weight is 148 g/mol. The van der Waals surface area contributed by atoms with Crippen LogP contribution in [0.15, 0.2) is 29.0 Å². The Morgan fingerprint density at radius 3 is 3.18 bits per heavy atom. The predicted octanol–water partition coefficient (Wildman–Crippen LogP) is 1.29. The topological polar surface area (TPSA) is 52.0 Å². The maximum Gasteiger partial charge on any atom is 0.131 e. The Labute approximate surface area is 63.8 Å². The van der Waals surface area contributed by atoms with E-state index >= 15 is 0 Å². The fourth-order valence-corrected chi connectivity index (χ4v) is 1.03. The van der Waals surface area contributed by atoms with E-state index < -0.39 is 0 Å². The summed E-state index contributed by atoms with van der Waals surface area (Å²) >= 11 is 0. The Morgan fingerprint density at radius 2 is 2.36 bits per heavy atom. The Bertz CT molecular complexity index is 367. The van der Waals surface area contributed by atoms with Gasteiger partial charge in [0, 0.05) is 11.9 Å². The summed E-state index contributed by atoms with van der Waals surface area (Å²) in [7, 11) is 0. The summed E-state index contributed by atoms with van der Waals surface area (Å²) < 4.78 is 4.77. The first kappa shape index (κ1) is 6.37. The minimum absolute atomic E-state index is 0.544. The third kappa shape index (κ3) is 0.991. The molecule has 2 N–H and O–H groups in total. The fourth-order valence-electron chi connectivity index (χ4n) is 1.03. The van der Waals surface area contributed by atoms with Gasteiger partial charge in [0.25, 0.3) is 0 Å². The molecule has 0 saturated carbocycles. The van der Waals surface area contributed by atoms with Crippen LogP contribution in [0.25, 0.3) is 10.9 Å². The molecule has 56 valence electrons. The summed E-state index contributed by atoms with van der Waals surface area (Å²) in [5.41, 5.74) is 7.40. The van der Waals surface area contributed by atoms with Gasteiger partial charge in [0.05, 0.1) is 0 Å². The molecule has 0 radical (unpaired) electrons. The molecule has 0 bridgehead atoms. The zero-order valence-electron chi connectivity index (χ0n) is 5.95. The highest BCUT2D eigenvalue weighted by Gasteiger charge is 1.97. The molecular formula is C8H8N2O. The minimum Gasteiger partial charge on any atom is -0.364 e. The van der Waals surface area contributed by atoms with Crippen molar-refractivity contribution in [2.24, 2.45) is 5.73 Å². The standard InChI is InChI=1S/C8H8N2O/c9-4-6-1-2-7-5-11-10-8(7)3-6/h1-3,5H,4,9H2. The number of benzene rings is 1. The average Bonchev–Trinajstić information content (AvgIpc) is 2.50. The summed E-state index contributed by atoms with van der Waals surface area (Å²) in [4.78, 5) is 0. The van der Waals surface area contributed by atoms with Crippen LogP contribution >= 0.6 is 0 Å². The summed E-state index contributed by atoms with van der Waals surface area (Å²) in [5, 5.41) is 4.81. The molecule has 3 nitrogen and oxygen atoms in total. The predicted molar refractivity (Wildman–Crippen MR) is 41.9 cm³/mol.